The molecule has 0 aliphatic heterocycles. The third-order valence-corrected chi connectivity index (χ3v) is 4.75. The Balaban J connectivity index is 3.32. The Morgan fingerprint density at radius 3 is 2.47 bits per heavy atom. The molecule has 0 spiro atoms. The van der Waals surface area contributed by atoms with Gasteiger partial charge < -0.3 is 15.8 Å². The SMILES string of the molecule is COC(=O)c1sc(NCC(C)C)c(S(C)(=O)=O)c1N. The van der Waals surface area contributed by atoms with Crippen LogP contribution in [0.5, 0.6) is 0 Å². The average molecular weight is 306 g/mol. The smallest absolute Gasteiger partial charge is 0.350 e. The number of hydrogen-bond acceptors (Lipinski definition) is 7. The Hall–Kier alpha value is -1.28. The number of nitrogen functional groups attached to an aromatic ring is 1. The number of esters is 1. The van der Waals surface area contributed by atoms with Crippen molar-refractivity contribution in [3.8, 4) is 0 Å². The van der Waals surface area contributed by atoms with Crippen LogP contribution in [0.3, 0.4) is 0 Å². The van der Waals surface area contributed by atoms with Crippen LogP contribution in [0.4, 0.5) is 10.7 Å². The summed E-state index contributed by atoms with van der Waals surface area (Å²) in [5, 5.41) is 3.39. The van der Waals surface area contributed by atoms with Crippen molar-refractivity contribution in [3.63, 3.8) is 0 Å². The van der Waals surface area contributed by atoms with Gasteiger partial charge in [0.2, 0.25) is 0 Å². The monoisotopic (exact) mass is 306 g/mol. The van der Waals surface area contributed by atoms with Gasteiger partial charge in [-0.25, -0.2) is 13.2 Å². The van der Waals surface area contributed by atoms with Gasteiger partial charge in [-0.3, -0.25) is 0 Å². The summed E-state index contributed by atoms with van der Waals surface area (Å²) in [5.74, 6) is -0.303. The highest BCUT2D eigenvalue weighted by molar-refractivity contribution is 7.91. The number of nitrogens with one attached hydrogen (secondary N) is 1. The van der Waals surface area contributed by atoms with Gasteiger partial charge in [0.05, 0.1) is 12.8 Å². The number of sulfone groups is 1. The lowest BCUT2D eigenvalue weighted by Crippen LogP contribution is -2.10. The second-order valence-electron chi connectivity index (χ2n) is 4.54. The molecular formula is C11H18N2O4S2. The standard InChI is InChI=1S/C11H18N2O4S2/c1-6(2)5-13-10-9(19(4,15)16)7(12)8(18-10)11(14)17-3/h6,13H,5,12H2,1-4H3. The Kier molecular flexibility index (Phi) is 4.81. The number of nitrogens with two attached hydrogens (primary N) is 1. The van der Waals surface area contributed by atoms with E-state index < -0.39 is 15.8 Å². The molecule has 3 N–H and O–H groups in total. The molecule has 19 heavy (non-hydrogen) atoms. The van der Waals surface area contributed by atoms with Gasteiger partial charge in [-0.15, -0.1) is 11.3 Å². The van der Waals surface area contributed by atoms with Crippen molar-refractivity contribution < 1.29 is 17.9 Å². The minimum Gasteiger partial charge on any atom is -0.465 e. The minimum atomic E-state index is -3.52. The van der Waals surface area contributed by atoms with E-state index in [4.69, 9.17) is 5.73 Å². The van der Waals surface area contributed by atoms with Crippen molar-refractivity contribution in [3.05, 3.63) is 4.88 Å². The van der Waals surface area contributed by atoms with E-state index in [0.29, 0.717) is 17.5 Å². The quantitative estimate of drug-likeness (QED) is 0.802. The van der Waals surface area contributed by atoms with Crippen LogP contribution in [0, 0.1) is 5.92 Å². The van der Waals surface area contributed by atoms with Crippen molar-refractivity contribution in [1.29, 1.82) is 0 Å². The zero-order valence-corrected chi connectivity index (χ0v) is 12.9. The van der Waals surface area contributed by atoms with E-state index in [0.717, 1.165) is 17.6 Å². The van der Waals surface area contributed by atoms with Gasteiger partial charge in [-0.1, -0.05) is 13.8 Å². The fourth-order valence-electron chi connectivity index (χ4n) is 1.45. The summed E-state index contributed by atoms with van der Waals surface area (Å²) < 4.78 is 28.1. The molecule has 6 nitrogen and oxygen atoms in total. The van der Waals surface area contributed by atoms with Gasteiger partial charge in [0.1, 0.15) is 14.8 Å². The number of rotatable bonds is 5. The molecule has 0 amide bonds. The number of anilines is 2. The van der Waals surface area contributed by atoms with E-state index in [1.807, 2.05) is 13.8 Å². The second-order valence-corrected chi connectivity index (χ2v) is 7.51. The first-order valence-electron chi connectivity index (χ1n) is 5.63. The van der Waals surface area contributed by atoms with Gasteiger partial charge in [-0.05, 0) is 5.92 Å². The topological polar surface area (TPSA) is 98.5 Å². The van der Waals surface area contributed by atoms with Crippen LogP contribution in [0.1, 0.15) is 23.5 Å². The summed E-state index contributed by atoms with van der Waals surface area (Å²) >= 11 is 0.998. The first-order chi connectivity index (χ1) is 8.68. The number of thiophene rings is 1. The first-order valence-corrected chi connectivity index (χ1v) is 8.33. The molecular weight excluding hydrogens is 288 g/mol. The fraction of sp³-hybridized carbons (Fsp3) is 0.545. The van der Waals surface area contributed by atoms with Crippen LogP contribution in [0.15, 0.2) is 4.90 Å². The lowest BCUT2D eigenvalue weighted by atomic mass is 10.2. The molecule has 0 saturated carbocycles. The van der Waals surface area contributed by atoms with Crippen molar-refractivity contribution in [2.75, 3.05) is 31.0 Å². The molecule has 1 heterocycles. The lowest BCUT2D eigenvalue weighted by Gasteiger charge is -2.08. The Labute approximate surface area is 116 Å². The van der Waals surface area contributed by atoms with E-state index in [9.17, 15) is 13.2 Å². The van der Waals surface area contributed by atoms with Crippen LogP contribution in [-0.2, 0) is 14.6 Å². The van der Waals surface area contributed by atoms with Crippen LogP contribution < -0.4 is 11.1 Å². The molecule has 0 saturated heterocycles. The fourth-order valence-corrected chi connectivity index (χ4v) is 3.95. The molecule has 1 aromatic rings. The van der Waals surface area contributed by atoms with Gasteiger partial charge >= 0.3 is 5.97 Å². The van der Waals surface area contributed by atoms with Crippen LogP contribution in [0.2, 0.25) is 0 Å². The van der Waals surface area contributed by atoms with Gasteiger partial charge in [0, 0.05) is 12.8 Å². The summed E-state index contributed by atoms with van der Waals surface area (Å²) in [6.45, 7) is 4.57. The van der Waals surface area contributed by atoms with Crippen LogP contribution >= 0.6 is 11.3 Å². The summed E-state index contributed by atoms with van der Waals surface area (Å²) in [6, 6.07) is 0. The van der Waals surface area contributed by atoms with Crippen molar-refractivity contribution in [2.24, 2.45) is 5.92 Å². The summed E-state index contributed by atoms with van der Waals surface area (Å²) in [6.07, 6.45) is 1.06. The predicted octanol–water partition coefficient (Wildman–Crippen LogP) is 1.59. The number of methoxy groups -OCH3 is 1. The molecule has 0 aromatic carbocycles. The summed E-state index contributed by atoms with van der Waals surface area (Å²) in [7, 11) is -2.29. The molecule has 0 atom stereocenters. The molecule has 1 aromatic heterocycles. The van der Waals surface area contributed by atoms with E-state index in [1.54, 1.807) is 0 Å². The van der Waals surface area contributed by atoms with Crippen molar-refractivity contribution in [1.82, 2.24) is 0 Å². The largest absolute Gasteiger partial charge is 0.465 e. The zero-order valence-electron chi connectivity index (χ0n) is 11.3. The van der Waals surface area contributed by atoms with E-state index >= 15 is 0 Å². The highest BCUT2D eigenvalue weighted by Crippen LogP contribution is 2.39. The first kappa shape index (κ1) is 15.8. The molecule has 0 bridgehead atoms. The van der Waals surface area contributed by atoms with E-state index in [-0.39, 0.29) is 15.5 Å². The van der Waals surface area contributed by atoms with E-state index in [1.165, 1.54) is 7.11 Å². The molecule has 0 radical (unpaired) electrons. The van der Waals surface area contributed by atoms with Crippen LogP contribution in [-0.4, -0.2) is 34.3 Å². The molecule has 0 aliphatic rings. The van der Waals surface area contributed by atoms with Crippen LogP contribution in [0.25, 0.3) is 0 Å². The maximum Gasteiger partial charge on any atom is 0.350 e. The molecule has 108 valence electrons. The third kappa shape index (κ3) is 3.60. The molecule has 0 fully saturated rings. The number of ether oxygens (including phenoxy) is 1. The van der Waals surface area contributed by atoms with Gasteiger partial charge in [0.25, 0.3) is 0 Å². The maximum atomic E-state index is 11.8. The Morgan fingerprint density at radius 1 is 1.47 bits per heavy atom. The van der Waals surface area contributed by atoms with Crippen molar-refractivity contribution >= 4 is 37.8 Å². The summed E-state index contributed by atoms with van der Waals surface area (Å²) in [5.41, 5.74) is 5.71. The summed E-state index contributed by atoms with van der Waals surface area (Å²) in [4.78, 5) is 11.6. The number of hydrogen-bond donors (Lipinski definition) is 2. The highest BCUT2D eigenvalue weighted by atomic mass is 32.2. The molecule has 0 unspecified atom stereocenters. The third-order valence-electron chi connectivity index (χ3n) is 2.31. The maximum absolute atomic E-state index is 11.8. The van der Waals surface area contributed by atoms with E-state index in [2.05, 4.69) is 10.1 Å². The van der Waals surface area contributed by atoms with Gasteiger partial charge in [0.15, 0.2) is 9.84 Å². The second kappa shape index (κ2) is 5.79. The average Bonchev–Trinajstić information content (AvgIpc) is 2.62. The lowest BCUT2D eigenvalue weighted by molar-refractivity contribution is 0.0607. The van der Waals surface area contributed by atoms with Gasteiger partial charge in [-0.2, -0.15) is 0 Å². The minimum absolute atomic E-state index is 0.0291. The predicted molar refractivity (Wildman–Crippen MR) is 76.5 cm³/mol. The Bertz CT molecular complexity index is 576. The molecule has 8 heteroatoms. The zero-order chi connectivity index (χ0) is 14.8. The number of carbonyl (C=O) groups excluding carboxylic acids is 1. The Morgan fingerprint density at radius 2 is 2.05 bits per heavy atom. The highest BCUT2D eigenvalue weighted by Gasteiger charge is 2.27. The normalized spacial score (nSPS) is 11.6. The van der Waals surface area contributed by atoms with Crippen molar-refractivity contribution in [2.45, 2.75) is 18.7 Å². The molecule has 1 rings (SSSR count). The molecule has 0 aliphatic carbocycles. The number of carbonyl (C=O) groups is 1.